The maximum atomic E-state index is 12.2. The fourth-order valence-corrected chi connectivity index (χ4v) is 3.33. The van der Waals surface area contributed by atoms with E-state index in [0.717, 1.165) is 0 Å². The average Bonchev–Trinajstić information content (AvgIpc) is 3.14. The first-order chi connectivity index (χ1) is 13.1. The first kappa shape index (κ1) is 21.9. The summed E-state index contributed by atoms with van der Waals surface area (Å²) < 4.78 is 9.89. The molecule has 2 amide bonds. The molecule has 0 saturated carbocycles. The SMILES string of the molecule is COC(=O)[C@H](CO)NC(=O)c1csc(N2CCN(C(=O)OC(C)(C)C)CC2)n1. The van der Waals surface area contributed by atoms with E-state index in [4.69, 9.17) is 4.74 Å². The number of ether oxygens (including phenoxy) is 2. The maximum Gasteiger partial charge on any atom is 0.410 e. The molecule has 1 atom stereocenters. The number of aliphatic hydroxyl groups is 1. The van der Waals surface area contributed by atoms with Crippen LogP contribution in [-0.4, -0.2) is 84.5 Å². The zero-order valence-corrected chi connectivity index (χ0v) is 17.2. The van der Waals surface area contributed by atoms with Crippen LogP contribution in [0.1, 0.15) is 31.3 Å². The molecule has 0 radical (unpaired) electrons. The molecule has 11 heteroatoms. The van der Waals surface area contributed by atoms with Gasteiger partial charge in [0.1, 0.15) is 11.3 Å². The van der Waals surface area contributed by atoms with E-state index in [-0.39, 0.29) is 11.8 Å². The summed E-state index contributed by atoms with van der Waals surface area (Å²) in [5.74, 6) is -1.30. The molecular formula is C17H26N4O6S. The number of carbonyl (C=O) groups excluding carboxylic acids is 3. The minimum atomic E-state index is -1.14. The zero-order chi connectivity index (χ0) is 20.9. The Bertz CT molecular complexity index is 709. The van der Waals surface area contributed by atoms with Crippen LogP contribution >= 0.6 is 11.3 Å². The molecule has 1 aromatic heterocycles. The topological polar surface area (TPSA) is 121 Å². The second-order valence-corrected chi connectivity index (χ2v) is 8.04. The molecule has 2 heterocycles. The summed E-state index contributed by atoms with van der Waals surface area (Å²) in [5, 5.41) is 13.8. The molecule has 0 unspecified atom stereocenters. The van der Waals surface area contributed by atoms with Gasteiger partial charge in [0, 0.05) is 31.6 Å². The van der Waals surface area contributed by atoms with Crippen LogP contribution in [0.2, 0.25) is 0 Å². The Labute approximate surface area is 167 Å². The highest BCUT2D eigenvalue weighted by molar-refractivity contribution is 7.13. The van der Waals surface area contributed by atoms with Crippen molar-refractivity contribution in [2.24, 2.45) is 0 Å². The number of anilines is 1. The number of rotatable bonds is 5. The van der Waals surface area contributed by atoms with Gasteiger partial charge in [0.25, 0.3) is 5.91 Å². The third-order valence-corrected chi connectivity index (χ3v) is 4.80. The number of esters is 1. The van der Waals surface area contributed by atoms with Crippen LogP contribution < -0.4 is 10.2 Å². The van der Waals surface area contributed by atoms with Crippen molar-refractivity contribution in [3.63, 3.8) is 0 Å². The van der Waals surface area contributed by atoms with Crippen molar-refractivity contribution >= 4 is 34.4 Å². The molecule has 1 fully saturated rings. The lowest BCUT2D eigenvalue weighted by Gasteiger charge is -2.35. The average molecular weight is 414 g/mol. The lowest BCUT2D eigenvalue weighted by Crippen LogP contribution is -2.50. The summed E-state index contributed by atoms with van der Waals surface area (Å²) in [6.45, 7) is 7.02. The van der Waals surface area contributed by atoms with Gasteiger partial charge in [-0.25, -0.2) is 14.6 Å². The molecule has 2 N–H and O–H groups in total. The Kier molecular flexibility index (Phi) is 7.19. The van der Waals surface area contributed by atoms with Crippen molar-refractivity contribution in [3.05, 3.63) is 11.1 Å². The molecule has 28 heavy (non-hydrogen) atoms. The minimum Gasteiger partial charge on any atom is -0.467 e. The molecule has 1 saturated heterocycles. The Morgan fingerprint density at radius 3 is 2.46 bits per heavy atom. The molecule has 10 nitrogen and oxygen atoms in total. The predicted octanol–water partition coefficient (Wildman–Crippen LogP) is 0.464. The third-order valence-electron chi connectivity index (χ3n) is 3.90. The van der Waals surface area contributed by atoms with Crippen LogP contribution in [0.15, 0.2) is 5.38 Å². The molecule has 1 aliphatic heterocycles. The van der Waals surface area contributed by atoms with Crippen LogP contribution in [0.4, 0.5) is 9.93 Å². The van der Waals surface area contributed by atoms with Crippen LogP contribution in [0, 0.1) is 0 Å². The van der Waals surface area contributed by atoms with Crippen molar-refractivity contribution in [2.75, 3.05) is 44.8 Å². The quantitative estimate of drug-likeness (QED) is 0.667. The monoisotopic (exact) mass is 414 g/mol. The van der Waals surface area contributed by atoms with Crippen LogP contribution in [0.5, 0.6) is 0 Å². The van der Waals surface area contributed by atoms with Gasteiger partial charge in [0.05, 0.1) is 13.7 Å². The molecule has 0 aliphatic carbocycles. The number of nitrogens with zero attached hydrogens (tertiary/aromatic N) is 3. The summed E-state index contributed by atoms with van der Waals surface area (Å²) >= 11 is 1.29. The second kappa shape index (κ2) is 9.20. The standard InChI is InChI=1S/C17H26N4O6S/c1-17(2,3)27-16(25)21-7-5-20(6-8-21)15-19-12(10-28-15)13(23)18-11(9-22)14(24)26-4/h10-11,22H,5-9H2,1-4H3,(H,18,23)/t11-/m0/s1. The van der Waals surface area contributed by atoms with E-state index in [9.17, 15) is 19.5 Å². The summed E-state index contributed by atoms with van der Waals surface area (Å²) in [6.07, 6.45) is -0.343. The van der Waals surface area contributed by atoms with Crippen LogP contribution in [0.3, 0.4) is 0 Å². The van der Waals surface area contributed by atoms with Crippen molar-refractivity contribution in [3.8, 4) is 0 Å². The van der Waals surface area contributed by atoms with Crippen molar-refractivity contribution in [1.82, 2.24) is 15.2 Å². The number of aliphatic hydroxyl groups excluding tert-OH is 1. The molecule has 0 spiro atoms. The van der Waals surface area contributed by atoms with Crippen LogP contribution in [-0.2, 0) is 14.3 Å². The highest BCUT2D eigenvalue weighted by atomic mass is 32.1. The Morgan fingerprint density at radius 1 is 1.29 bits per heavy atom. The van der Waals surface area contributed by atoms with E-state index in [1.807, 2.05) is 25.7 Å². The molecule has 0 bridgehead atoms. The van der Waals surface area contributed by atoms with E-state index >= 15 is 0 Å². The number of hydrogen-bond donors (Lipinski definition) is 2. The van der Waals surface area contributed by atoms with Crippen LogP contribution in [0.25, 0.3) is 0 Å². The zero-order valence-electron chi connectivity index (χ0n) is 16.4. The van der Waals surface area contributed by atoms with Crippen molar-refractivity contribution < 1.29 is 29.0 Å². The normalized spacial score (nSPS) is 15.8. The first-order valence-corrected chi connectivity index (χ1v) is 9.70. The number of carbonyl (C=O) groups is 3. The Hall–Kier alpha value is -2.40. The van der Waals surface area contributed by atoms with E-state index in [2.05, 4.69) is 15.0 Å². The first-order valence-electron chi connectivity index (χ1n) is 8.82. The molecule has 156 valence electrons. The Morgan fingerprint density at radius 2 is 1.93 bits per heavy atom. The van der Waals surface area contributed by atoms with Gasteiger partial charge in [-0.05, 0) is 20.8 Å². The lowest BCUT2D eigenvalue weighted by atomic mass is 10.2. The predicted molar refractivity (Wildman–Crippen MR) is 102 cm³/mol. The highest BCUT2D eigenvalue weighted by Crippen LogP contribution is 2.22. The van der Waals surface area contributed by atoms with Gasteiger partial charge in [-0.2, -0.15) is 0 Å². The summed E-state index contributed by atoms with van der Waals surface area (Å²) in [5.41, 5.74) is -0.389. The smallest absolute Gasteiger partial charge is 0.410 e. The van der Waals surface area contributed by atoms with E-state index in [1.54, 1.807) is 10.3 Å². The fourth-order valence-electron chi connectivity index (χ4n) is 2.47. The molecule has 1 aromatic rings. The number of aromatic nitrogens is 1. The number of nitrogens with one attached hydrogen (secondary N) is 1. The van der Waals surface area contributed by atoms with E-state index in [1.165, 1.54) is 18.4 Å². The molecule has 1 aliphatic rings. The largest absolute Gasteiger partial charge is 0.467 e. The number of piperazine rings is 1. The molecular weight excluding hydrogens is 388 g/mol. The number of methoxy groups -OCH3 is 1. The summed E-state index contributed by atoms with van der Waals surface area (Å²) in [4.78, 5) is 43.7. The molecule has 2 rings (SSSR count). The van der Waals surface area contributed by atoms with Gasteiger partial charge in [0.2, 0.25) is 0 Å². The number of amides is 2. The summed E-state index contributed by atoms with van der Waals surface area (Å²) in [6, 6.07) is -1.14. The lowest BCUT2D eigenvalue weighted by molar-refractivity contribution is -0.143. The Balaban J connectivity index is 1.92. The van der Waals surface area contributed by atoms with E-state index < -0.39 is 30.1 Å². The van der Waals surface area contributed by atoms with Crippen molar-refractivity contribution in [2.45, 2.75) is 32.4 Å². The number of hydrogen-bond acceptors (Lipinski definition) is 9. The maximum absolute atomic E-state index is 12.2. The second-order valence-electron chi connectivity index (χ2n) is 7.20. The van der Waals surface area contributed by atoms with Gasteiger partial charge in [0.15, 0.2) is 11.2 Å². The van der Waals surface area contributed by atoms with E-state index in [0.29, 0.717) is 31.3 Å². The number of thiazole rings is 1. The highest BCUT2D eigenvalue weighted by Gasteiger charge is 2.28. The summed E-state index contributed by atoms with van der Waals surface area (Å²) in [7, 11) is 1.18. The molecule has 0 aromatic carbocycles. The van der Waals surface area contributed by atoms with Gasteiger partial charge in [-0.3, -0.25) is 4.79 Å². The van der Waals surface area contributed by atoms with Gasteiger partial charge in [-0.15, -0.1) is 11.3 Å². The van der Waals surface area contributed by atoms with Crippen molar-refractivity contribution in [1.29, 1.82) is 0 Å². The minimum absolute atomic E-state index is 0.150. The van der Waals surface area contributed by atoms with Gasteiger partial charge < -0.3 is 29.7 Å². The van der Waals surface area contributed by atoms with Gasteiger partial charge in [-0.1, -0.05) is 0 Å². The fraction of sp³-hybridized carbons (Fsp3) is 0.647. The third kappa shape index (κ3) is 5.80. The van der Waals surface area contributed by atoms with Gasteiger partial charge >= 0.3 is 12.1 Å².